The molecule has 0 saturated heterocycles. The molecule has 0 aliphatic rings. The minimum atomic E-state index is 0.193. The molecular formula is C16H20BrNOS. The quantitative estimate of drug-likeness (QED) is 0.789. The highest BCUT2D eigenvalue weighted by atomic mass is 79.9. The summed E-state index contributed by atoms with van der Waals surface area (Å²) in [6.45, 7) is 7.15. The maximum Gasteiger partial charge on any atom is 0.120 e. The lowest BCUT2D eigenvalue weighted by molar-refractivity contribution is 0.242. The Morgan fingerprint density at radius 2 is 2.10 bits per heavy atom. The number of nitrogens with one attached hydrogen (secondary N) is 1. The van der Waals surface area contributed by atoms with Crippen molar-refractivity contribution in [2.24, 2.45) is 0 Å². The SMILES string of the molecule is CCNC(c1cccc(OC(C)C)c1)c1cc(Br)cs1. The van der Waals surface area contributed by atoms with Crippen LogP contribution in [0.1, 0.15) is 37.3 Å². The number of hydrogen-bond donors (Lipinski definition) is 1. The molecule has 0 aliphatic heterocycles. The van der Waals surface area contributed by atoms with Crippen LogP contribution in [0, 0.1) is 0 Å². The van der Waals surface area contributed by atoms with Crippen LogP contribution >= 0.6 is 27.3 Å². The van der Waals surface area contributed by atoms with Gasteiger partial charge in [-0.15, -0.1) is 11.3 Å². The predicted molar refractivity (Wildman–Crippen MR) is 89.7 cm³/mol. The van der Waals surface area contributed by atoms with Gasteiger partial charge in [-0.25, -0.2) is 0 Å². The smallest absolute Gasteiger partial charge is 0.120 e. The van der Waals surface area contributed by atoms with Gasteiger partial charge in [-0.2, -0.15) is 0 Å². The second-order valence-corrected chi connectivity index (χ2v) is 6.76. The molecule has 20 heavy (non-hydrogen) atoms. The minimum Gasteiger partial charge on any atom is -0.491 e. The molecule has 1 aromatic heterocycles. The van der Waals surface area contributed by atoms with E-state index in [1.165, 1.54) is 10.4 Å². The van der Waals surface area contributed by atoms with Crippen molar-refractivity contribution in [2.45, 2.75) is 32.9 Å². The lowest BCUT2D eigenvalue weighted by Crippen LogP contribution is -2.21. The third-order valence-corrected chi connectivity index (χ3v) is 4.60. The molecule has 2 nitrogen and oxygen atoms in total. The van der Waals surface area contributed by atoms with Crippen molar-refractivity contribution in [1.29, 1.82) is 0 Å². The molecule has 1 heterocycles. The summed E-state index contributed by atoms with van der Waals surface area (Å²) in [5.41, 5.74) is 1.24. The molecule has 0 saturated carbocycles. The third-order valence-electron chi connectivity index (χ3n) is 2.84. The van der Waals surface area contributed by atoms with E-state index in [0.717, 1.165) is 16.8 Å². The molecular weight excluding hydrogens is 334 g/mol. The van der Waals surface area contributed by atoms with Crippen molar-refractivity contribution in [1.82, 2.24) is 5.32 Å². The highest BCUT2D eigenvalue weighted by Gasteiger charge is 2.15. The first-order chi connectivity index (χ1) is 9.60. The number of rotatable bonds is 6. The van der Waals surface area contributed by atoms with Gasteiger partial charge in [-0.1, -0.05) is 19.1 Å². The molecule has 0 aliphatic carbocycles. The van der Waals surface area contributed by atoms with Gasteiger partial charge in [0.1, 0.15) is 5.75 Å². The van der Waals surface area contributed by atoms with Crippen LogP contribution in [-0.2, 0) is 0 Å². The Labute approximate surface area is 133 Å². The lowest BCUT2D eigenvalue weighted by Gasteiger charge is -2.18. The average Bonchev–Trinajstić information content (AvgIpc) is 2.82. The summed E-state index contributed by atoms with van der Waals surface area (Å²) in [5, 5.41) is 5.66. The maximum atomic E-state index is 5.79. The van der Waals surface area contributed by atoms with Crippen LogP contribution in [0.4, 0.5) is 0 Å². The lowest BCUT2D eigenvalue weighted by atomic mass is 10.0. The monoisotopic (exact) mass is 353 g/mol. The van der Waals surface area contributed by atoms with Gasteiger partial charge in [0.2, 0.25) is 0 Å². The highest BCUT2D eigenvalue weighted by molar-refractivity contribution is 9.10. The Morgan fingerprint density at radius 1 is 1.30 bits per heavy atom. The normalized spacial score (nSPS) is 12.7. The Bertz CT molecular complexity index is 553. The Hall–Kier alpha value is -0.840. The largest absolute Gasteiger partial charge is 0.491 e. The first-order valence-electron chi connectivity index (χ1n) is 6.84. The van der Waals surface area contributed by atoms with Crippen LogP contribution in [-0.4, -0.2) is 12.6 Å². The predicted octanol–water partition coefficient (Wildman–Crippen LogP) is 5.00. The zero-order chi connectivity index (χ0) is 14.5. The molecule has 1 unspecified atom stereocenters. The van der Waals surface area contributed by atoms with E-state index in [2.05, 4.69) is 57.8 Å². The van der Waals surface area contributed by atoms with Crippen LogP contribution in [0.5, 0.6) is 5.75 Å². The van der Waals surface area contributed by atoms with Crippen molar-refractivity contribution in [3.63, 3.8) is 0 Å². The molecule has 1 N–H and O–H groups in total. The molecule has 4 heteroatoms. The molecule has 2 rings (SSSR count). The maximum absolute atomic E-state index is 5.79. The summed E-state index contributed by atoms with van der Waals surface area (Å²) in [7, 11) is 0. The van der Waals surface area contributed by atoms with Gasteiger partial charge in [0.05, 0.1) is 12.1 Å². The number of thiophene rings is 1. The van der Waals surface area contributed by atoms with Gasteiger partial charge in [-0.05, 0) is 60.1 Å². The number of halogens is 1. The molecule has 0 amide bonds. The van der Waals surface area contributed by atoms with Crippen LogP contribution in [0.3, 0.4) is 0 Å². The van der Waals surface area contributed by atoms with Crippen molar-refractivity contribution in [3.05, 3.63) is 50.6 Å². The molecule has 2 aromatic rings. The fraction of sp³-hybridized carbons (Fsp3) is 0.375. The summed E-state index contributed by atoms with van der Waals surface area (Å²) < 4.78 is 6.92. The zero-order valence-electron chi connectivity index (χ0n) is 12.0. The Morgan fingerprint density at radius 3 is 2.70 bits per heavy atom. The fourth-order valence-corrected chi connectivity index (χ4v) is 3.65. The van der Waals surface area contributed by atoms with E-state index in [1.54, 1.807) is 11.3 Å². The summed E-state index contributed by atoms with van der Waals surface area (Å²) in [6, 6.07) is 10.7. The molecule has 1 atom stereocenters. The molecule has 1 aromatic carbocycles. The van der Waals surface area contributed by atoms with Crippen molar-refractivity contribution >= 4 is 27.3 Å². The van der Waals surface area contributed by atoms with Crippen molar-refractivity contribution in [3.8, 4) is 5.75 Å². The van der Waals surface area contributed by atoms with Gasteiger partial charge in [0, 0.05) is 14.7 Å². The minimum absolute atomic E-state index is 0.193. The van der Waals surface area contributed by atoms with E-state index in [-0.39, 0.29) is 12.1 Å². The molecule has 108 valence electrons. The summed E-state index contributed by atoms with van der Waals surface area (Å²) in [4.78, 5) is 1.31. The van der Waals surface area contributed by atoms with E-state index in [1.807, 2.05) is 19.9 Å². The number of ether oxygens (including phenoxy) is 1. The first-order valence-corrected chi connectivity index (χ1v) is 8.51. The van der Waals surface area contributed by atoms with Crippen LogP contribution in [0.15, 0.2) is 40.2 Å². The van der Waals surface area contributed by atoms with Crippen molar-refractivity contribution in [2.75, 3.05) is 6.54 Å². The third kappa shape index (κ3) is 4.08. The van der Waals surface area contributed by atoms with Crippen LogP contribution in [0.2, 0.25) is 0 Å². The van der Waals surface area contributed by atoms with Gasteiger partial charge in [0.15, 0.2) is 0 Å². The average molecular weight is 354 g/mol. The van der Waals surface area contributed by atoms with Crippen molar-refractivity contribution < 1.29 is 4.74 Å². The van der Waals surface area contributed by atoms with Gasteiger partial charge >= 0.3 is 0 Å². The summed E-state index contributed by atoms with van der Waals surface area (Å²) in [5.74, 6) is 0.927. The summed E-state index contributed by atoms with van der Waals surface area (Å²) >= 11 is 5.29. The van der Waals surface area contributed by atoms with Crippen LogP contribution in [0.25, 0.3) is 0 Å². The fourth-order valence-electron chi connectivity index (χ4n) is 2.11. The second-order valence-electron chi connectivity index (χ2n) is 4.90. The first kappa shape index (κ1) is 15.5. The molecule has 0 radical (unpaired) electrons. The highest BCUT2D eigenvalue weighted by Crippen LogP contribution is 2.31. The molecule has 0 fully saturated rings. The number of benzene rings is 1. The zero-order valence-corrected chi connectivity index (χ0v) is 14.4. The Balaban J connectivity index is 2.29. The molecule has 0 bridgehead atoms. The van der Waals surface area contributed by atoms with Crippen LogP contribution < -0.4 is 10.1 Å². The van der Waals surface area contributed by atoms with Gasteiger partial charge in [-0.3, -0.25) is 0 Å². The van der Waals surface area contributed by atoms with Gasteiger partial charge < -0.3 is 10.1 Å². The Kier molecular flexibility index (Phi) is 5.64. The van der Waals surface area contributed by atoms with E-state index >= 15 is 0 Å². The second kappa shape index (κ2) is 7.25. The van der Waals surface area contributed by atoms with Gasteiger partial charge in [0.25, 0.3) is 0 Å². The topological polar surface area (TPSA) is 21.3 Å². The van der Waals surface area contributed by atoms with E-state index in [9.17, 15) is 0 Å². The number of hydrogen-bond acceptors (Lipinski definition) is 3. The van der Waals surface area contributed by atoms with E-state index in [4.69, 9.17) is 4.74 Å². The summed E-state index contributed by atoms with van der Waals surface area (Å²) in [6.07, 6.45) is 0.193. The van der Waals surface area contributed by atoms with E-state index < -0.39 is 0 Å². The molecule has 0 spiro atoms. The standard InChI is InChI=1S/C16H20BrNOS/c1-4-18-16(15-9-13(17)10-20-15)12-6-5-7-14(8-12)19-11(2)3/h5-11,16,18H,4H2,1-3H3. The van der Waals surface area contributed by atoms with E-state index in [0.29, 0.717) is 0 Å².